The highest BCUT2D eigenvalue weighted by Crippen LogP contribution is 2.28. The molecule has 2 heterocycles. The summed E-state index contributed by atoms with van der Waals surface area (Å²) >= 11 is 0. The van der Waals surface area contributed by atoms with E-state index in [1.54, 1.807) is 18.3 Å². The van der Waals surface area contributed by atoms with Crippen LogP contribution in [0.4, 0.5) is 5.69 Å². The van der Waals surface area contributed by atoms with E-state index < -0.39 is 0 Å². The van der Waals surface area contributed by atoms with E-state index in [0.29, 0.717) is 38.1 Å². The van der Waals surface area contributed by atoms with Gasteiger partial charge in [-0.05, 0) is 42.7 Å². The molecule has 218 valence electrons. The lowest BCUT2D eigenvalue weighted by atomic mass is 10.1. The molecule has 1 aliphatic rings. The van der Waals surface area contributed by atoms with Crippen LogP contribution in [0.3, 0.4) is 0 Å². The van der Waals surface area contributed by atoms with Crippen LogP contribution in [0.1, 0.15) is 36.3 Å². The van der Waals surface area contributed by atoms with Crippen molar-refractivity contribution in [2.45, 2.75) is 46.8 Å². The fourth-order valence-corrected chi connectivity index (χ4v) is 4.54. The highest BCUT2D eigenvalue weighted by molar-refractivity contribution is 5.87. The molecule has 0 spiro atoms. The van der Waals surface area contributed by atoms with Crippen LogP contribution in [-0.4, -0.2) is 66.1 Å². The third-order valence-corrected chi connectivity index (χ3v) is 6.69. The molecule has 2 aromatic carbocycles. The summed E-state index contributed by atoms with van der Waals surface area (Å²) in [7, 11) is 1.79. The van der Waals surface area contributed by atoms with Crippen LogP contribution in [0.25, 0.3) is 11.5 Å². The molecule has 40 heavy (non-hydrogen) atoms. The van der Waals surface area contributed by atoms with E-state index in [4.69, 9.17) is 4.42 Å². The van der Waals surface area contributed by atoms with Gasteiger partial charge in [0.25, 0.3) is 5.91 Å². The van der Waals surface area contributed by atoms with Crippen LogP contribution < -0.4 is 15.5 Å². The van der Waals surface area contributed by atoms with Gasteiger partial charge in [0.1, 0.15) is 5.76 Å². The predicted octanol–water partition coefficient (Wildman–Crippen LogP) is 4.11. The minimum Gasteiger partial charge on any atom is -0.441 e. The van der Waals surface area contributed by atoms with Gasteiger partial charge in [0.15, 0.2) is 0 Å². The number of oxazole rings is 1. The molecule has 0 atom stereocenters. The molecule has 0 radical (unpaired) electrons. The number of hydrazine groups is 1. The number of aromatic nitrogens is 1. The maximum atomic E-state index is 13.5. The lowest BCUT2D eigenvalue weighted by Gasteiger charge is -2.32. The van der Waals surface area contributed by atoms with Gasteiger partial charge in [-0.2, -0.15) is 0 Å². The SMILES string of the molecule is Cc1cnc(-c2ccc(C)c(N(CC(=O)NCCNC(C)C)CC(=O)N(C)N3Cc4ccccc4C3)c2)o1.Cl.Cl. The molecule has 4 rings (SSSR count). The zero-order chi connectivity index (χ0) is 27.2. The maximum Gasteiger partial charge on any atom is 0.256 e. The Balaban J connectivity index is 0.00000280. The minimum absolute atomic E-state index is 0. The highest BCUT2D eigenvalue weighted by Gasteiger charge is 2.27. The number of halogens is 2. The quantitative estimate of drug-likeness (QED) is 0.324. The average molecular weight is 592 g/mol. The normalized spacial score (nSPS) is 12.3. The number of rotatable bonds is 11. The van der Waals surface area contributed by atoms with Crippen molar-refractivity contribution in [3.63, 3.8) is 0 Å². The van der Waals surface area contributed by atoms with Crippen molar-refractivity contribution in [2.24, 2.45) is 0 Å². The van der Waals surface area contributed by atoms with Crippen molar-refractivity contribution >= 4 is 42.3 Å². The second-order valence-corrected chi connectivity index (χ2v) is 10.1. The Labute approximate surface area is 249 Å². The zero-order valence-corrected chi connectivity index (χ0v) is 25.4. The van der Waals surface area contributed by atoms with Gasteiger partial charge in [-0.1, -0.05) is 44.2 Å². The number of nitrogens with zero attached hydrogens (tertiary/aromatic N) is 4. The number of fused-ring (bicyclic) bond motifs is 1. The van der Waals surface area contributed by atoms with Gasteiger partial charge in [-0.3, -0.25) is 14.6 Å². The second kappa shape index (κ2) is 15.0. The van der Waals surface area contributed by atoms with Crippen LogP contribution in [0.15, 0.2) is 53.1 Å². The predicted molar refractivity (Wildman–Crippen MR) is 163 cm³/mol. The number of hydrogen-bond donors (Lipinski definition) is 2. The fourth-order valence-electron chi connectivity index (χ4n) is 4.54. The number of carbonyl (C=O) groups is 2. The smallest absolute Gasteiger partial charge is 0.256 e. The molecule has 0 saturated heterocycles. The monoisotopic (exact) mass is 590 g/mol. The van der Waals surface area contributed by atoms with Crippen LogP contribution in [0, 0.1) is 13.8 Å². The number of likely N-dealkylation sites (N-methyl/N-ethyl adjacent to an activating group) is 1. The van der Waals surface area contributed by atoms with Gasteiger partial charge in [-0.25, -0.2) is 9.99 Å². The number of hydrogen-bond acceptors (Lipinski definition) is 7. The maximum absolute atomic E-state index is 13.5. The Morgan fingerprint density at radius 1 is 1.02 bits per heavy atom. The molecule has 3 aromatic rings. The van der Waals surface area contributed by atoms with E-state index in [0.717, 1.165) is 22.6 Å². The van der Waals surface area contributed by atoms with E-state index in [-0.39, 0.29) is 49.7 Å². The Morgan fingerprint density at radius 3 is 2.30 bits per heavy atom. The van der Waals surface area contributed by atoms with Crippen molar-refractivity contribution in [3.8, 4) is 11.5 Å². The van der Waals surface area contributed by atoms with Gasteiger partial charge in [0, 0.05) is 50.5 Å². The Kier molecular flexibility index (Phi) is 12.4. The van der Waals surface area contributed by atoms with Gasteiger partial charge >= 0.3 is 0 Å². The Hall–Kier alpha value is -3.11. The Bertz CT molecular complexity index is 1260. The van der Waals surface area contributed by atoms with Crippen molar-refractivity contribution in [1.82, 2.24) is 25.6 Å². The first kappa shape index (κ1) is 33.1. The van der Waals surface area contributed by atoms with Crippen LogP contribution >= 0.6 is 24.8 Å². The number of amides is 2. The van der Waals surface area contributed by atoms with E-state index in [1.165, 1.54) is 11.1 Å². The third-order valence-electron chi connectivity index (χ3n) is 6.69. The van der Waals surface area contributed by atoms with Crippen molar-refractivity contribution in [1.29, 1.82) is 0 Å². The van der Waals surface area contributed by atoms with Gasteiger partial charge in [0.05, 0.1) is 19.3 Å². The molecule has 0 fully saturated rings. The topological polar surface area (TPSA) is 94.0 Å². The summed E-state index contributed by atoms with van der Waals surface area (Å²) in [5.74, 6) is 0.989. The number of nitrogens with one attached hydrogen (secondary N) is 2. The lowest BCUT2D eigenvalue weighted by molar-refractivity contribution is -0.145. The first-order valence-corrected chi connectivity index (χ1v) is 13.1. The summed E-state index contributed by atoms with van der Waals surface area (Å²) in [4.78, 5) is 32.7. The van der Waals surface area contributed by atoms with Crippen LogP contribution in [0.5, 0.6) is 0 Å². The minimum atomic E-state index is -0.142. The van der Waals surface area contributed by atoms with E-state index >= 15 is 0 Å². The largest absolute Gasteiger partial charge is 0.441 e. The summed E-state index contributed by atoms with van der Waals surface area (Å²) in [6.07, 6.45) is 1.68. The second-order valence-electron chi connectivity index (χ2n) is 10.1. The fraction of sp³-hybridized carbons (Fsp3) is 0.414. The first-order valence-electron chi connectivity index (χ1n) is 13.1. The summed E-state index contributed by atoms with van der Waals surface area (Å²) in [5, 5.41) is 9.97. The Morgan fingerprint density at radius 2 is 1.70 bits per heavy atom. The molecular formula is C29H40Cl2N6O3. The van der Waals surface area contributed by atoms with E-state index in [9.17, 15) is 9.59 Å². The van der Waals surface area contributed by atoms with Crippen LogP contribution in [-0.2, 0) is 22.7 Å². The number of carbonyl (C=O) groups excluding carboxylic acids is 2. The molecule has 0 aliphatic carbocycles. The summed E-state index contributed by atoms with van der Waals surface area (Å²) in [5.41, 5.74) is 4.99. The molecule has 0 unspecified atom stereocenters. The number of benzene rings is 2. The summed E-state index contributed by atoms with van der Waals surface area (Å²) in [6, 6.07) is 14.4. The van der Waals surface area contributed by atoms with Gasteiger partial charge in [0.2, 0.25) is 11.8 Å². The summed E-state index contributed by atoms with van der Waals surface area (Å²) in [6.45, 7) is 10.6. The van der Waals surface area contributed by atoms with Crippen molar-refractivity contribution in [2.75, 3.05) is 38.1 Å². The molecule has 1 aliphatic heterocycles. The first-order chi connectivity index (χ1) is 18.2. The molecule has 0 saturated carbocycles. The molecule has 9 nitrogen and oxygen atoms in total. The van der Waals surface area contributed by atoms with Crippen molar-refractivity contribution in [3.05, 3.63) is 71.1 Å². The molecule has 0 bridgehead atoms. The van der Waals surface area contributed by atoms with Gasteiger partial charge < -0.3 is 20.0 Å². The molecule has 2 amide bonds. The third kappa shape index (κ3) is 8.44. The standard InChI is InChI=1S/C29H38N6O3.2ClH/c1-20(2)30-12-13-31-27(36)18-34(26-14-23(11-10-21(26)3)29-32-15-22(4)38-29)19-28(37)33(5)35-16-24-8-6-7-9-25(24)17-35;;/h6-11,14-15,20,30H,12-13,16-19H2,1-5H3,(H,31,36);2*1H. The van der Waals surface area contributed by atoms with E-state index in [2.05, 4.69) is 41.6 Å². The molecule has 1 aromatic heterocycles. The number of anilines is 1. The molecule has 11 heteroatoms. The summed E-state index contributed by atoms with van der Waals surface area (Å²) < 4.78 is 5.73. The average Bonchev–Trinajstić information content (AvgIpc) is 3.52. The lowest BCUT2D eigenvalue weighted by Crippen LogP contribution is -2.48. The van der Waals surface area contributed by atoms with Gasteiger partial charge in [-0.15, -0.1) is 24.8 Å². The zero-order valence-electron chi connectivity index (χ0n) is 23.8. The number of aryl methyl sites for hydroxylation is 2. The molecular weight excluding hydrogens is 551 g/mol. The van der Waals surface area contributed by atoms with E-state index in [1.807, 2.05) is 54.1 Å². The van der Waals surface area contributed by atoms with Crippen molar-refractivity contribution < 1.29 is 14.0 Å². The van der Waals surface area contributed by atoms with Crippen LogP contribution in [0.2, 0.25) is 0 Å². The molecule has 2 N–H and O–H groups in total. The highest BCUT2D eigenvalue weighted by atomic mass is 35.5.